The van der Waals surface area contributed by atoms with Gasteiger partial charge in [-0.2, -0.15) is 4.98 Å². The highest BCUT2D eigenvalue weighted by molar-refractivity contribution is 5.79. The third-order valence-corrected chi connectivity index (χ3v) is 2.74. The largest absolute Gasteiger partial charge is 0.354 e. The molecule has 0 spiro atoms. The molecule has 1 aromatic heterocycles. The van der Waals surface area contributed by atoms with E-state index in [1.165, 1.54) is 0 Å². The standard InChI is InChI=1S/C13H25N5O/c1-7-9(2)16-12(14-6)15-8-10-17-11(19-18-10)13(3,4)5/h9H,7-8H2,1-6H3,(H2,14,15,16). The van der Waals surface area contributed by atoms with Gasteiger partial charge in [0.15, 0.2) is 11.8 Å². The molecule has 1 unspecified atom stereocenters. The number of rotatable bonds is 4. The average Bonchev–Trinajstić information content (AvgIpc) is 2.82. The Morgan fingerprint density at radius 3 is 2.58 bits per heavy atom. The van der Waals surface area contributed by atoms with E-state index >= 15 is 0 Å². The lowest BCUT2D eigenvalue weighted by atomic mass is 9.97. The van der Waals surface area contributed by atoms with Gasteiger partial charge in [-0.1, -0.05) is 32.9 Å². The minimum absolute atomic E-state index is 0.123. The summed E-state index contributed by atoms with van der Waals surface area (Å²) in [6.45, 7) is 10.9. The molecule has 1 rings (SSSR count). The summed E-state index contributed by atoms with van der Waals surface area (Å²) in [6.07, 6.45) is 1.04. The monoisotopic (exact) mass is 267 g/mol. The van der Waals surface area contributed by atoms with Crippen LogP contribution >= 0.6 is 0 Å². The molecular weight excluding hydrogens is 242 g/mol. The molecule has 0 aliphatic rings. The lowest BCUT2D eigenvalue weighted by Gasteiger charge is -2.15. The van der Waals surface area contributed by atoms with E-state index in [4.69, 9.17) is 4.52 Å². The topological polar surface area (TPSA) is 75.3 Å². The van der Waals surface area contributed by atoms with Crippen LogP contribution in [0.1, 0.15) is 52.8 Å². The first-order chi connectivity index (χ1) is 8.86. The van der Waals surface area contributed by atoms with Gasteiger partial charge in [0, 0.05) is 18.5 Å². The molecule has 6 nitrogen and oxygen atoms in total. The smallest absolute Gasteiger partial charge is 0.232 e. The van der Waals surface area contributed by atoms with Gasteiger partial charge < -0.3 is 15.2 Å². The van der Waals surface area contributed by atoms with Gasteiger partial charge in [-0.25, -0.2) is 0 Å². The Bertz CT molecular complexity index is 419. The zero-order chi connectivity index (χ0) is 14.5. The molecule has 6 heteroatoms. The fraction of sp³-hybridized carbons (Fsp3) is 0.769. The zero-order valence-electron chi connectivity index (χ0n) is 12.7. The van der Waals surface area contributed by atoms with E-state index in [1.807, 2.05) is 20.8 Å². The number of guanidine groups is 1. The number of aliphatic imine (C=N–C) groups is 1. The van der Waals surface area contributed by atoms with Gasteiger partial charge in [-0.15, -0.1) is 0 Å². The first-order valence-electron chi connectivity index (χ1n) is 6.67. The molecule has 108 valence electrons. The normalized spacial score (nSPS) is 14.3. The van der Waals surface area contributed by atoms with E-state index in [9.17, 15) is 0 Å². The van der Waals surface area contributed by atoms with E-state index < -0.39 is 0 Å². The molecule has 0 saturated heterocycles. The fourth-order valence-corrected chi connectivity index (χ4v) is 1.32. The predicted molar refractivity (Wildman–Crippen MR) is 76.1 cm³/mol. The quantitative estimate of drug-likeness (QED) is 0.643. The van der Waals surface area contributed by atoms with Crippen LogP contribution in [0, 0.1) is 0 Å². The molecule has 0 radical (unpaired) electrons. The predicted octanol–water partition coefficient (Wildman–Crippen LogP) is 1.83. The fourth-order valence-electron chi connectivity index (χ4n) is 1.32. The second-order valence-electron chi connectivity index (χ2n) is 5.65. The number of hydrogen-bond donors (Lipinski definition) is 2. The van der Waals surface area contributed by atoms with Crippen molar-refractivity contribution in [2.24, 2.45) is 4.99 Å². The average molecular weight is 267 g/mol. The van der Waals surface area contributed by atoms with Crippen molar-refractivity contribution in [3.05, 3.63) is 11.7 Å². The van der Waals surface area contributed by atoms with Crippen LogP contribution < -0.4 is 10.6 Å². The summed E-state index contributed by atoms with van der Waals surface area (Å²) in [6, 6.07) is 0.376. The molecule has 0 saturated carbocycles. The van der Waals surface area contributed by atoms with Crippen LogP contribution in [0.15, 0.2) is 9.52 Å². The van der Waals surface area contributed by atoms with Crippen LogP contribution in [0.2, 0.25) is 0 Å². The highest BCUT2D eigenvalue weighted by atomic mass is 16.5. The van der Waals surface area contributed by atoms with Crippen molar-refractivity contribution in [3.63, 3.8) is 0 Å². The molecule has 0 fully saturated rings. The molecule has 0 aliphatic heterocycles. The lowest BCUT2D eigenvalue weighted by molar-refractivity contribution is 0.318. The maximum atomic E-state index is 5.24. The Morgan fingerprint density at radius 2 is 2.11 bits per heavy atom. The Labute approximate surface area is 115 Å². The molecular formula is C13H25N5O. The SMILES string of the molecule is CCC(C)NC(=NC)NCc1noc(C(C)(C)C)n1. The summed E-state index contributed by atoms with van der Waals surface area (Å²) in [5.41, 5.74) is -0.123. The molecule has 0 aliphatic carbocycles. The molecule has 1 heterocycles. The van der Waals surface area contributed by atoms with Crippen molar-refractivity contribution in [2.75, 3.05) is 7.05 Å². The summed E-state index contributed by atoms with van der Waals surface area (Å²) in [5.74, 6) is 2.03. The van der Waals surface area contributed by atoms with E-state index in [0.29, 0.717) is 24.3 Å². The number of nitrogens with one attached hydrogen (secondary N) is 2. The van der Waals surface area contributed by atoms with Crippen LogP contribution in [0.4, 0.5) is 0 Å². The number of hydrogen-bond acceptors (Lipinski definition) is 4. The van der Waals surface area contributed by atoms with Crippen LogP contribution in [0.5, 0.6) is 0 Å². The molecule has 1 aromatic rings. The third kappa shape index (κ3) is 4.89. The molecule has 19 heavy (non-hydrogen) atoms. The molecule has 0 amide bonds. The van der Waals surface area contributed by atoms with Gasteiger partial charge >= 0.3 is 0 Å². The van der Waals surface area contributed by atoms with Gasteiger partial charge in [0.2, 0.25) is 5.89 Å². The maximum Gasteiger partial charge on any atom is 0.232 e. The molecule has 1 atom stereocenters. The van der Waals surface area contributed by atoms with Crippen molar-refractivity contribution < 1.29 is 4.52 Å². The van der Waals surface area contributed by atoms with E-state index in [2.05, 4.69) is 39.6 Å². The highest BCUT2D eigenvalue weighted by Gasteiger charge is 2.21. The van der Waals surface area contributed by atoms with Crippen LogP contribution in [-0.4, -0.2) is 29.2 Å². The minimum atomic E-state index is -0.123. The van der Waals surface area contributed by atoms with Gasteiger partial charge in [0.1, 0.15) is 0 Å². The minimum Gasteiger partial charge on any atom is -0.354 e. The van der Waals surface area contributed by atoms with E-state index in [-0.39, 0.29) is 5.41 Å². The summed E-state index contributed by atoms with van der Waals surface area (Å²) < 4.78 is 5.24. The summed E-state index contributed by atoms with van der Waals surface area (Å²) in [7, 11) is 1.74. The summed E-state index contributed by atoms with van der Waals surface area (Å²) in [5, 5.41) is 10.4. The molecule has 0 bridgehead atoms. The summed E-state index contributed by atoms with van der Waals surface area (Å²) in [4.78, 5) is 8.52. The van der Waals surface area contributed by atoms with Crippen LogP contribution in [-0.2, 0) is 12.0 Å². The third-order valence-electron chi connectivity index (χ3n) is 2.74. The van der Waals surface area contributed by atoms with Crippen LogP contribution in [0.25, 0.3) is 0 Å². The number of aromatic nitrogens is 2. The van der Waals surface area contributed by atoms with Crippen LogP contribution in [0.3, 0.4) is 0 Å². The Kier molecular flexibility index (Phi) is 5.32. The van der Waals surface area contributed by atoms with Gasteiger partial charge in [-0.05, 0) is 13.3 Å². The van der Waals surface area contributed by atoms with Crippen molar-refractivity contribution >= 4 is 5.96 Å². The first kappa shape index (κ1) is 15.5. The maximum absolute atomic E-state index is 5.24. The van der Waals surface area contributed by atoms with E-state index in [1.54, 1.807) is 7.05 Å². The Morgan fingerprint density at radius 1 is 1.42 bits per heavy atom. The number of nitrogens with zero attached hydrogens (tertiary/aromatic N) is 3. The van der Waals surface area contributed by atoms with E-state index in [0.717, 1.165) is 12.4 Å². The van der Waals surface area contributed by atoms with Crippen molar-refractivity contribution in [1.29, 1.82) is 0 Å². The lowest BCUT2D eigenvalue weighted by Crippen LogP contribution is -2.41. The first-order valence-corrected chi connectivity index (χ1v) is 6.67. The second-order valence-corrected chi connectivity index (χ2v) is 5.65. The Balaban J connectivity index is 2.54. The molecule has 2 N–H and O–H groups in total. The highest BCUT2D eigenvalue weighted by Crippen LogP contribution is 2.19. The van der Waals surface area contributed by atoms with Crippen molar-refractivity contribution in [3.8, 4) is 0 Å². The van der Waals surface area contributed by atoms with Gasteiger partial charge in [0.25, 0.3) is 0 Å². The van der Waals surface area contributed by atoms with Gasteiger partial charge in [0.05, 0.1) is 6.54 Å². The molecule has 0 aromatic carbocycles. The van der Waals surface area contributed by atoms with Crippen molar-refractivity contribution in [2.45, 2.75) is 59.0 Å². The van der Waals surface area contributed by atoms with Crippen molar-refractivity contribution in [1.82, 2.24) is 20.8 Å². The van der Waals surface area contributed by atoms with Gasteiger partial charge in [-0.3, -0.25) is 4.99 Å². The second kappa shape index (κ2) is 6.54. The summed E-state index contributed by atoms with van der Waals surface area (Å²) >= 11 is 0. The zero-order valence-corrected chi connectivity index (χ0v) is 12.7. The Hall–Kier alpha value is -1.59.